The Bertz CT molecular complexity index is 400. The molecule has 106 valence electrons. The second-order valence-corrected chi connectivity index (χ2v) is 4.87. The molecule has 1 aromatic rings. The molecular formula is C14H22N2O3. The molecule has 0 saturated carbocycles. The average molecular weight is 266 g/mol. The molecule has 0 radical (unpaired) electrons. The number of nitrogens with one attached hydrogen (secondary N) is 1. The SMILES string of the molecule is COCCC(C)C(NN)C1COc2ccccc2O1. The molecule has 0 fully saturated rings. The topological polar surface area (TPSA) is 65.7 Å². The highest BCUT2D eigenvalue weighted by Crippen LogP contribution is 2.32. The van der Waals surface area contributed by atoms with E-state index in [9.17, 15) is 0 Å². The van der Waals surface area contributed by atoms with Gasteiger partial charge in [0.1, 0.15) is 12.7 Å². The van der Waals surface area contributed by atoms with Gasteiger partial charge >= 0.3 is 0 Å². The van der Waals surface area contributed by atoms with Crippen molar-refractivity contribution < 1.29 is 14.2 Å². The number of rotatable bonds is 6. The van der Waals surface area contributed by atoms with E-state index in [4.69, 9.17) is 20.1 Å². The van der Waals surface area contributed by atoms with Gasteiger partial charge in [-0.15, -0.1) is 0 Å². The van der Waals surface area contributed by atoms with E-state index >= 15 is 0 Å². The van der Waals surface area contributed by atoms with Crippen molar-refractivity contribution in [1.29, 1.82) is 0 Å². The highest BCUT2D eigenvalue weighted by Gasteiger charge is 2.31. The molecule has 1 aliphatic heterocycles. The quantitative estimate of drug-likeness (QED) is 0.600. The van der Waals surface area contributed by atoms with Gasteiger partial charge in [-0.3, -0.25) is 11.3 Å². The number of ether oxygens (including phenoxy) is 3. The number of hydrogen-bond donors (Lipinski definition) is 2. The van der Waals surface area contributed by atoms with Crippen LogP contribution in [0.25, 0.3) is 0 Å². The van der Waals surface area contributed by atoms with E-state index in [0.717, 1.165) is 17.9 Å². The predicted octanol–water partition coefficient (Wildman–Crippen LogP) is 1.33. The lowest BCUT2D eigenvalue weighted by Crippen LogP contribution is -2.53. The van der Waals surface area contributed by atoms with Crippen molar-refractivity contribution in [2.75, 3.05) is 20.3 Å². The summed E-state index contributed by atoms with van der Waals surface area (Å²) in [7, 11) is 1.70. The summed E-state index contributed by atoms with van der Waals surface area (Å²) in [5.74, 6) is 7.57. The molecule has 5 heteroatoms. The van der Waals surface area contributed by atoms with E-state index in [-0.39, 0.29) is 12.1 Å². The summed E-state index contributed by atoms with van der Waals surface area (Å²) in [4.78, 5) is 0. The Hall–Kier alpha value is -1.30. The van der Waals surface area contributed by atoms with E-state index in [1.807, 2.05) is 24.3 Å². The van der Waals surface area contributed by atoms with E-state index in [1.165, 1.54) is 0 Å². The molecule has 0 bridgehead atoms. The van der Waals surface area contributed by atoms with E-state index in [0.29, 0.717) is 19.1 Å². The summed E-state index contributed by atoms with van der Waals surface area (Å²) in [6, 6.07) is 7.72. The Morgan fingerprint density at radius 3 is 2.84 bits per heavy atom. The molecule has 1 aliphatic rings. The smallest absolute Gasteiger partial charge is 0.161 e. The van der Waals surface area contributed by atoms with Crippen LogP contribution in [0.1, 0.15) is 13.3 Å². The lowest BCUT2D eigenvalue weighted by molar-refractivity contribution is 0.0401. The van der Waals surface area contributed by atoms with Crippen molar-refractivity contribution in [2.45, 2.75) is 25.5 Å². The number of hydrogen-bond acceptors (Lipinski definition) is 5. The maximum absolute atomic E-state index is 5.98. The van der Waals surface area contributed by atoms with E-state index in [1.54, 1.807) is 7.11 Å². The molecule has 0 saturated heterocycles. The van der Waals surface area contributed by atoms with Crippen molar-refractivity contribution in [3.63, 3.8) is 0 Å². The summed E-state index contributed by atoms with van der Waals surface area (Å²) in [5.41, 5.74) is 2.85. The van der Waals surface area contributed by atoms with Crippen LogP contribution in [-0.4, -0.2) is 32.5 Å². The number of fused-ring (bicyclic) bond motifs is 1. The average Bonchev–Trinajstić information content (AvgIpc) is 2.45. The molecule has 0 spiro atoms. The van der Waals surface area contributed by atoms with Crippen LogP contribution in [0.5, 0.6) is 11.5 Å². The first kappa shape index (κ1) is 14.1. The molecule has 2 rings (SSSR count). The lowest BCUT2D eigenvalue weighted by atomic mass is 9.94. The number of methoxy groups -OCH3 is 1. The predicted molar refractivity (Wildman–Crippen MR) is 73.1 cm³/mol. The van der Waals surface area contributed by atoms with Crippen LogP contribution in [0.2, 0.25) is 0 Å². The molecular weight excluding hydrogens is 244 g/mol. The van der Waals surface area contributed by atoms with E-state index in [2.05, 4.69) is 12.3 Å². The van der Waals surface area contributed by atoms with E-state index < -0.39 is 0 Å². The zero-order valence-electron chi connectivity index (χ0n) is 11.5. The van der Waals surface area contributed by atoms with Crippen molar-refractivity contribution in [2.24, 2.45) is 11.8 Å². The summed E-state index contributed by atoms with van der Waals surface area (Å²) in [6.45, 7) is 3.35. The van der Waals surface area contributed by atoms with Crippen LogP contribution in [-0.2, 0) is 4.74 Å². The fraction of sp³-hybridized carbons (Fsp3) is 0.571. The van der Waals surface area contributed by atoms with Crippen LogP contribution in [0.3, 0.4) is 0 Å². The number of benzene rings is 1. The molecule has 0 aromatic heterocycles. The van der Waals surface area contributed by atoms with Crippen molar-refractivity contribution >= 4 is 0 Å². The molecule has 1 heterocycles. The Balaban J connectivity index is 2.01. The third kappa shape index (κ3) is 3.37. The monoisotopic (exact) mass is 266 g/mol. The fourth-order valence-corrected chi connectivity index (χ4v) is 2.33. The van der Waals surface area contributed by atoms with Crippen LogP contribution in [0, 0.1) is 5.92 Å². The molecule has 3 unspecified atom stereocenters. The summed E-state index contributed by atoms with van der Waals surface area (Å²) >= 11 is 0. The van der Waals surface area contributed by atoms with Gasteiger partial charge in [0, 0.05) is 13.7 Å². The van der Waals surface area contributed by atoms with Crippen molar-refractivity contribution in [1.82, 2.24) is 5.43 Å². The molecule has 1 aromatic carbocycles. The summed E-state index contributed by atoms with van der Waals surface area (Å²) in [5, 5.41) is 0. The fourth-order valence-electron chi connectivity index (χ4n) is 2.33. The maximum Gasteiger partial charge on any atom is 0.161 e. The van der Waals surface area contributed by atoms with Crippen LogP contribution in [0.15, 0.2) is 24.3 Å². The first-order valence-electron chi connectivity index (χ1n) is 6.59. The third-order valence-corrected chi connectivity index (χ3v) is 3.51. The first-order valence-corrected chi connectivity index (χ1v) is 6.59. The Kier molecular flexibility index (Phi) is 5.01. The van der Waals surface area contributed by atoms with Gasteiger partial charge in [-0.25, -0.2) is 0 Å². The molecule has 19 heavy (non-hydrogen) atoms. The molecule has 3 atom stereocenters. The second-order valence-electron chi connectivity index (χ2n) is 4.87. The Morgan fingerprint density at radius 1 is 1.42 bits per heavy atom. The summed E-state index contributed by atoms with van der Waals surface area (Å²) < 4.78 is 16.8. The minimum absolute atomic E-state index is 0.0310. The Morgan fingerprint density at radius 2 is 2.16 bits per heavy atom. The highest BCUT2D eigenvalue weighted by molar-refractivity contribution is 5.40. The van der Waals surface area contributed by atoms with Crippen molar-refractivity contribution in [3.8, 4) is 11.5 Å². The van der Waals surface area contributed by atoms with Crippen LogP contribution < -0.4 is 20.7 Å². The summed E-state index contributed by atoms with van der Waals surface area (Å²) in [6.07, 6.45) is 0.833. The first-order chi connectivity index (χ1) is 9.26. The third-order valence-electron chi connectivity index (χ3n) is 3.51. The van der Waals surface area contributed by atoms with Gasteiger partial charge in [-0.2, -0.15) is 0 Å². The van der Waals surface area contributed by atoms with Gasteiger partial charge in [0.15, 0.2) is 11.5 Å². The molecule has 5 nitrogen and oxygen atoms in total. The van der Waals surface area contributed by atoms with Gasteiger partial charge in [0.05, 0.1) is 6.04 Å². The minimum Gasteiger partial charge on any atom is -0.486 e. The van der Waals surface area contributed by atoms with Gasteiger partial charge in [0.2, 0.25) is 0 Å². The zero-order chi connectivity index (χ0) is 13.7. The highest BCUT2D eigenvalue weighted by atomic mass is 16.6. The number of hydrazine groups is 1. The normalized spacial score (nSPS) is 20.9. The largest absolute Gasteiger partial charge is 0.486 e. The standard InChI is InChI=1S/C14H22N2O3/c1-10(7-8-17-2)14(16-15)13-9-18-11-5-3-4-6-12(11)19-13/h3-6,10,13-14,16H,7-9,15H2,1-2H3. The second kappa shape index (κ2) is 6.75. The number of nitrogens with two attached hydrogens (primary N) is 1. The number of para-hydroxylation sites is 2. The molecule has 3 N–H and O–H groups in total. The van der Waals surface area contributed by atoms with Crippen LogP contribution in [0.4, 0.5) is 0 Å². The van der Waals surface area contributed by atoms with Gasteiger partial charge in [0.25, 0.3) is 0 Å². The Labute approximate surface area is 114 Å². The van der Waals surface area contributed by atoms with Gasteiger partial charge in [-0.05, 0) is 24.5 Å². The minimum atomic E-state index is -0.0910. The van der Waals surface area contributed by atoms with Crippen molar-refractivity contribution in [3.05, 3.63) is 24.3 Å². The molecule has 0 aliphatic carbocycles. The zero-order valence-corrected chi connectivity index (χ0v) is 11.5. The van der Waals surface area contributed by atoms with Gasteiger partial charge < -0.3 is 14.2 Å². The van der Waals surface area contributed by atoms with Gasteiger partial charge in [-0.1, -0.05) is 19.1 Å². The maximum atomic E-state index is 5.98. The lowest BCUT2D eigenvalue weighted by Gasteiger charge is -2.34. The molecule has 0 amide bonds. The van der Waals surface area contributed by atoms with Crippen LogP contribution >= 0.6 is 0 Å².